The molecule has 0 spiro atoms. The molecule has 7 rings (SSSR count). The van der Waals surface area contributed by atoms with Crippen molar-refractivity contribution in [1.82, 2.24) is 24.6 Å². The maximum absolute atomic E-state index is 14.5. The molecule has 312 valence electrons. The minimum absolute atomic E-state index is 0.0148. The topological polar surface area (TPSA) is 128 Å². The number of halogens is 1. The summed E-state index contributed by atoms with van der Waals surface area (Å²) in [7, 11) is 4.09. The molecular weight excluding hydrogens is 722 g/mol. The van der Waals surface area contributed by atoms with Crippen molar-refractivity contribution in [1.29, 1.82) is 0 Å². The molecule has 57 heavy (non-hydrogen) atoms. The number of likely N-dealkylation sites (N-methyl/N-ethyl adjacent to an activating group) is 1. The molecule has 0 amide bonds. The number of carbonyl (C=O) groups excluding carboxylic acids is 2. The number of esters is 1. The van der Waals surface area contributed by atoms with E-state index in [0.29, 0.717) is 36.3 Å². The van der Waals surface area contributed by atoms with Gasteiger partial charge in [0.2, 0.25) is 0 Å². The zero-order valence-corrected chi connectivity index (χ0v) is 36.3. The number of ether oxygens (including phenoxy) is 1. The van der Waals surface area contributed by atoms with Crippen LogP contribution >= 0.6 is 0 Å². The van der Waals surface area contributed by atoms with Crippen LogP contribution in [0, 0.1) is 56.6 Å². The number of aromatic nitrogens is 4. The summed E-state index contributed by atoms with van der Waals surface area (Å²) in [5.74, 6) is 0.947. The van der Waals surface area contributed by atoms with E-state index in [0.717, 1.165) is 69.3 Å². The van der Waals surface area contributed by atoms with Gasteiger partial charge in [-0.05, 0) is 143 Å². The number of carboxylic acids is 1. The van der Waals surface area contributed by atoms with Crippen molar-refractivity contribution in [2.75, 3.05) is 20.6 Å². The van der Waals surface area contributed by atoms with Crippen LogP contribution in [0.5, 0.6) is 0 Å². The summed E-state index contributed by atoms with van der Waals surface area (Å²) in [6.07, 6.45) is 8.88. The summed E-state index contributed by atoms with van der Waals surface area (Å²) in [6, 6.07) is 3.08. The lowest BCUT2D eigenvalue weighted by Gasteiger charge is -2.72. The molecular formula is C46H66FN5O5. The van der Waals surface area contributed by atoms with Crippen molar-refractivity contribution >= 4 is 17.7 Å². The molecule has 5 aliphatic rings. The van der Waals surface area contributed by atoms with Crippen LogP contribution in [0.4, 0.5) is 4.39 Å². The number of carboxylic acid groups (broad SMARTS) is 1. The monoisotopic (exact) mass is 788 g/mol. The molecule has 1 unspecified atom stereocenters. The third-order valence-electron chi connectivity index (χ3n) is 16.7. The Morgan fingerprint density at radius 1 is 0.982 bits per heavy atom. The molecule has 2 heterocycles. The maximum atomic E-state index is 14.5. The van der Waals surface area contributed by atoms with Crippen molar-refractivity contribution < 1.29 is 28.6 Å². The van der Waals surface area contributed by atoms with E-state index in [1.54, 1.807) is 19.9 Å². The fourth-order valence-corrected chi connectivity index (χ4v) is 13.6. The first-order chi connectivity index (χ1) is 26.5. The molecule has 0 radical (unpaired) electrons. The number of ketones is 1. The molecule has 5 aliphatic carbocycles. The Balaban J connectivity index is 1.25. The number of pyridine rings is 1. The average Bonchev–Trinajstić information content (AvgIpc) is 3.68. The molecule has 4 fully saturated rings. The van der Waals surface area contributed by atoms with Crippen LogP contribution in [0.3, 0.4) is 0 Å². The molecule has 11 heteroatoms. The van der Waals surface area contributed by atoms with Crippen LogP contribution in [0.1, 0.15) is 132 Å². The van der Waals surface area contributed by atoms with Crippen LogP contribution in [-0.4, -0.2) is 74.2 Å². The Kier molecular flexibility index (Phi) is 10.3. The molecule has 2 aromatic heterocycles. The Bertz CT molecular complexity index is 1970. The van der Waals surface area contributed by atoms with Gasteiger partial charge in [-0.3, -0.25) is 14.4 Å². The summed E-state index contributed by atoms with van der Waals surface area (Å²) >= 11 is 0. The van der Waals surface area contributed by atoms with Gasteiger partial charge in [-0.15, -0.1) is 10.2 Å². The standard InChI is InChI=1S/C46H66FN5O5/c1-27(2)36-31(53)24-46(39-50-49-38(52(39)23-22-51(10)11)30-14-12-28(47)26-48-30)21-20-44(8)29(37(36)46)13-15-33-43(7)18-17-34(57-35(54)25-41(3,4)40(55)56)42(5,6)32(43)16-19-45(33,44)9/h12,14,26-27,29,32-34H,13,15-25H2,1-11H3,(H,55,56)/t29?,32-,33+,34-,43-,44+,45+,46+/m0/s1. The van der Waals surface area contributed by atoms with Crippen molar-refractivity contribution in [3.05, 3.63) is 41.1 Å². The van der Waals surface area contributed by atoms with Gasteiger partial charge < -0.3 is 19.3 Å². The Morgan fingerprint density at radius 3 is 2.33 bits per heavy atom. The second-order valence-electron chi connectivity index (χ2n) is 21.1. The minimum Gasteiger partial charge on any atom is -0.481 e. The van der Waals surface area contributed by atoms with Crippen LogP contribution in [-0.2, 0) is 31.1 Å². The molecule has 0 aromatic carbocycles. The quantitative estimate of drug-likeness (QED) is 0.235. The molecule has 8 atom stereocenters. The predicted molar refractivity (Wildman–Crippen MR) is 216 cm³/mol. The van der Waals surface area contributed by atoms with Crippen LogP contribution < -0.4 is 0 Å². The van der Waals surface area contributed by atoms with Gasteiger partial charge in [0.1, 0.15) is 23.4 Å². The zero-order valence-electron chi connectivity index (χ0n) is 36.3. The van der Waals surface area contributed by atoms with Crippen molar-refractivity contribution in [3.8, 4) is 11.5 Å². The van der Waals surface area contributed by atoms with Crippen molar-refractivity contribution in [2.24, 2.45) is 50.7 Å². The number of hydrogen-bond donors (Lipinski definition) is 1. The summed E-state index contributed by atoms with van der Waals surface area (Å²) in [4.78, 5) is 46.0. The number of Topliss-reactive ketones (excluding diaryl/α,β-unsaturated/α-hetero) is 1. The normalized spacial score (nSPS) is 34.8. The van der Waals surface area contributed by atoms with Gasteiger partial charge in [0.05, 0.1) is 23.4 Å². The summed E-state index contributed by atoms with van der Waals surface area (Å²) in [6.45, 7) is 21.0. The highest BCUT2D eigenvalue weighted by Crippen LogP contribution is 2.76. The first-order valence-corrected chi connectivity index (χ1v) is 21.4. The van der Waals surface area contributed by atoms with Crippen molar-refractivity contribution in [3.63, 3.8) is 0 Å². The third kappa shape index (κ3) is 6.33. The van der Waals surface area contributed by atoms with Gasteiger partial charge in [-0.1, -0.05) is 48.5 Å². The molecule has 1 N–H and O–H groups in total. The van der Waals surface area contributed by atoms with E-state index >= 15 is 0 Å². The Morgan fingerprint density at radius 2 is 1.70 bits per heavy atom. The van der Waals surface area contributed by atoms with Gasteiger partial charge >= 0.3 is 11.9 Å². The largest absolute Gasteiger partial charge is 0.481 e. The molecule has 0 aliphatic heterocycles. The van der Waals surface area contributed by atoms with E-state index in [1.165, 1.54) is 17.8 Å². The molecule has 0 saturated heterocycles. The number of rotatable bonds is 10. The number of aliphatic carboxylic acids is 1. The summed E-state index contributed by atoms with van der Waals surface area (Å²) in [5.41, 5.74) is 0.845. The first kappa shape index (κ1) is 41.7. The molecule has 0 bridgehead atoms. The number of allylic oxidation sites excluding steroid dienone is 2. The van der Waals surface area contributed by atoms with Crippen LogP contribution in [0.2, 0.25) is 0 Å². The van der Waals surface area contributed by atoms with Gasteiger partial charge in [-0.25, -0.2) is 9.37 Å². The molecule has 2 aromatic rings. The Labute approximate surface area is 338 Å². The first-order valence-electron chi connectivity index (χ1n) is 21.4. The molecule has 4 saturated carbocycles. The van der Waals surface area contributed by atoms with E-state index < -0.39 is 28.6 Å². The molecule has 10 nitrogen and oxygen atoms in total. The predicted octanol–water partition coefficient (Wildman–Crippen LogP) is 8.69. The fraction of sp³-hybridized carbons (Fsp3) is 0.739. The minimum atomic E-state index is -1.18. The SMILES string of the molecule is CC(C)C1=C2C3CC[C@@H]4[C@@]5(C)CC[C@H](OC(=O)CC(C)(C)C(=O)O)C(C)(C)[C@@H]5CC[C@@]4(C)[C@]3(C)CC[C@@]2(c2nnc(-c3ccc(F)cn3)n2CCN(C)C)CC1=O. The van der Waals surface area contributed by atoms with E-state index in [4.69, 9.17) is 14.9 Å². The highest BCUT2D eigenvalue weighted by molar-refractivity contribution is 6.01. The zero-order chi connectivity index (χ0) is 41.7. The van der Waals surface area contributed by atoms with E-state index in [1.807, 2.05) is 14.1 Å². The number of carbonyl (C=O) groups is 3. The van der Waals surface area contributed by atoms with Crippen LogP contribution in [0.15, 0.2) is 29.5 Å². The van der Waals surface area contributed by atoms with E-state index in [9.17, 15) is 23.9 Å². The van der Waals surface area contributed by atoms with Gasteiger partial charge in [0.15, 0.2) is 11.6 Å². The summed E-state index contributed by atoms with van der Waals surface area (Å²) < 4.78 is 22.4. The third-order valence-corrected chi connectivity index (χ3v) is 16.7. The number of fused-ring (bicyclic) bond motifs is 7. The van der Waals surface area contributed by atoms with Gasteiger partial charge in [-0.2, -0.15) is 0 Å². The smallest absolute Gasteiger partial charge is 0.309 e. The maximum Gasteiger partial charge on any atom is 0.309 e. The van der Waals surface area contributed by atoms with Gasteiger partial charge in [0, 0.05) is 24.9 Å². The number of nitrogens with zero attached hydrogens (tertiary/aromatic N) is 5. The lowest BCUT2D eigenvalue weighted by Crippen LogP contribution is -2.66. The second-order valence-corrected chi connectivity index (χ2v) is 21.1. The highest BCUT2D eigenvalue weighted by Gasteiger charge is 2.71. The average molecular weight is 788 g/mol. The fourth-order valence-electron chi connectivity index (χ4n) is 13.6. The lowest BCUT2D eigenvalue weighted by atomic mass is 9.33. The number of hydrogen-bond acceptors (Lipinski definition) is 8. The highest BCUT2D eigenvalue weighted by atomic mass is 19.1. The summed E-state index contributed by atoms with van der Waals surface area (Å²) in [5, 5.41) is 19.4. The lowest BCUT2D eigenvalue weighted by molar-refractivity contribution is -0.232. The van der Waals surface area contributed by atoms with Crippen molar-refractivity contribution in [2.45, 2.75) is 145 Å². The van der Waals surface area contributed by atoms with E-state index in [2.05, 4.69) is 62.9 Å². The second kappa shape index (κ2) is 14.1. The Hall–Kier alpha value is -3.47. The van der Waals surface area contributed by atoms with Gasteiger partial charge in [0.25, 0.3) is 0 Å². The van der Waals surface area contributed by atoms with E-state index in [-0.39, 0.29) is 51.8 Å². The van der Waals surface area contributed by atoms with Crippen LogP contribution in [0.25, 0.3) is 11.5 Å².